The number of imide groups is 1. The zero-order valence-corrected chi connectivity index (χ0v) is 16.6. The molecule has 4 rings (SSSR count). The van der Waals surface area contributed by atoms with Crippen molar-refractivity contribution in [2.45, 2.75) is 31.6 Å². The summed E-state index contributed by atoms with van der Waals surface area (Å²) in [6.07, 6.45) is 1.19. The van der Waals surface area contributed by atoms with Gasteiger partial charge in [-0.15, -0.1) is 0 Å². The van der Waals surface area contributed by atoms with Crippen LogP contribution in [0.5, 0.6) is 0 Å². The van der Waals surface area contributed by atoms with E-state index in [1.54, 1.807) is 24.3 Å². The second-order valence-corrected chi connectivity index (χ2v) is 8.07. The molecule has 1 N–H and O–H groups in total. The van der Waals surface area contributed by atoms with Gasteiger partial charge in [0, 0.05) is 31.0 Å². The van der Waals surface area contributed by atoms with Crippen molar-refractivity contribution < 1.29 is 23.2 Å². The first kappa shape index (κ1) is 20.2. The van der Waals surface area contributed by atoms with E-state index in [1.165, 1.54) is 12.1 Å². The average molecular weight is 412 g/mol. The van der Waals surface area contributed by atoms with Crippen LogP contribution in [-0.4, -0.2) is 35.7 Å². The van der Waals surface area contributed by atoms with E-state index in [-0.39, 0.29) is 43.1 Å². The van der Waals surface area contributed by atoms with Gasteiger partial charge in [-0.25, -0.2) is 8.78 Å². The lowest BCUT2D eigenvalue weighted by atomic mass is 9.92. The molecule has 0 saturated heterocycles. The number of rotatable bonds is 7. The van der Waals surface area contributed by atoms with Crippen LogP contribution in [0, 0.1) is 17.6 Å². The van der Waals surface area contributed by atoms with Gasteiger partial charge in [0.2, 0.25) is 5.91 Å². The van der Waals surface area contributed by atoms with Crippen LogP contribution < -0.4 is 5.32 Å². The molecule has 5 nitrogen and oxygen atoms in total. The highest BCUT2D eigenvalue weighted by Gasteiger charge is 2.53. The summed E-state index contributed by atoms with van der Waals surface area (Å²) in [7, 11) is 0. The summed E-state index contributed by atoms with van der Waals surface area (Å²) in [5.74, 6) is -1.96. The predicted molar refractivity (Wildman–Crippen MR) is 106 cm³/mol. The van der Waals surface area contributed by atoms with Crippen molar-refractivity contribution in [3.8, 4) is 0 Å². The average Bonchev–Trinajstić information content (AvgIpc) is 3.32. The Morgan fingerprint density at radius 2 is 1.77 bits per heavy atom. The number of amides is 3. The number of halogens is 2. The highest BCUT2D eigenvalue weighted by Crippen LogP contribution is 2.54. The molecule has 1 heterocycles. The van der Waals surface area contributed by atoms with Gasteiger partial charge >= 0.3 is 0 Å². The molecule has 2 atom stereocenters. The van der Waals surface area contributed by atoms with Gasteiger partial charge in [0.25, 0.3) is 11.8 Å². The third-order valence-electron chi connectivity index (χ3n) is 6.19. The smallest absolute Gasteiger partial charge is 0.261 e. The lowest BCUT2D eigenvalue weighted by Gasteiger charge is -2.19. The van der Waals surface area contributed by atoms with Crippen LogP contribution in [-0.2, 0) is 10.2 Å². The minimum absolute atomic E-state index is 0.143. The van der Waals surface area contributed by atoms with Gasteiger partial charge in [-0.1, -0.05) is 25.1 Å². The second kappa shape index (κ2) is 7.63. The Kier molecular flexibility index (Phi) is 5.13. The summed E-state index contributed by atoms with van der Waals surface area (Å²) in [6.45, 7) is 2.40. The number of hydrogen-bond donors (Lipinski definition) is 1. The number of nitrogens with one attached hydrogen (secondary N) is 1. The lowest BCUT2D eigenvalue weighted by molar-refractivity contribution is -0.121. The molecular formula is C23H22F2N2O3. The van der Waals surface area contributed by atoms with Crippen molar-refractivity contribution in [3.05, 3.63) is 70.8 Å². The SMILES string of the molecule is CC1CC1(CNC(=O)CCCN1C(=O)c2ccccc2C1=O)c1ccc(F)cc1F. The number of carbonyl (C=O) groups is 3. The molecule has 2 unspecified atom stereocenters. The van der Waals surface area contributed by atoms with Gasteiger partial charge in [0.05, 0.1) is 11.1 Å². The number of hydrogen-bond acceptors (Lipinski definition) is 3. The van der Waals surface area contributed by atoms with E-state index in [0.29, 0.717) is 29.5 Å². The zero-order valence-electron chi connectivity index (χ0n) is 16.6. The van der Waals surface area contributed by atoms with Gasteiger partial charge < -0.3 is 5.32 Å². The van der Waals surface area contributed by atoms with Gasteiger partial charge in [0.1, 0.15) is 11.6 Å². The fraction of sp³-hybridized carbons (Fsp3) is 0.348. The van der Waals surface area contributed by atoms with Gasteiger partial charge in [-0.05, 0) is 42.5 Å². The van der Waals surface area contributed by atoms with E-state index < -0.39 is 17.0 Å². The molecule has 1 fully saturated rings. The van der Waals surface area contributed by atoms with Crippen molar-refractivity contribution in [2.24, 2.45) is 5.92 Å². The van der Waals surface area contributed by atoms with Crippen LogP contribution in [0.4, 0.5) is 8.78 Å². The third kappa shape index (κ3) is 3.49. The van der Waals surface area contributed by atoms with Crippen molar-refractivity contribution in [1.82, 2.24) is 10.2 Å². The number of fused-ring (bicyclic) bond motifs is 1. The highest BCUT2D eigenvalue weighted by atomic mass is 19.1. The predicted octanol–water partition coefficient (Wildman–Crippen LogP) is 3.44. The minimum Gasteiger partial charge on any atom is -0.355 e. The summed E-state index contributed by atoms with van der Waals surface area (Å²) < 4.78 is 27.4. The molecule has 2 aromatic rings. The first-order chi connectivity index (χ1) is 14.3. The Morgan fingerprint density at radius 1 is 1.13 bits per heavy atom. The number of carbonyl (C=O) groups excluding carboxylic acids is 3. The van der Waals surface area contributed by atoms with E-state index in [4.69, 9.17) is 0 Å². The molecule has 0 bridgehead atoms. The maximum absolute atomic E-state index is 14.2. The maximum atomic E-state index is 14.2. The largest absolute Gasteiger partial charge is 0.355 e. The van der Waals surface area contributed by atoms with Gasteiger partial charge in [0.15, 0.2) is 0 Å². The Morgan fingerprint density at radius 3 is 2.33 bits per heavy atom. The molecule has 1 aliphatic heterocycles. The lowest BCUT2D eigenvalue weighted by Crippen LogP contribution is -2.35. The standard InChI is InChI=1S/C23H22F2N2O3/c1-14-12-23(14,18-9-8-15(24)11-19(18)25)13-26-20(28)7-4-10-27-21(29)16-5-2-3-6-17(16)22(27)30/h2-3,5-6,8-9,11,14H,4,7,10,12-13H2,1H3,(H,26,28). The van der Waals surface area contributed by atoms with Crippen LogP contribution in [0.3, 0.4) is 0 Å². The van der Waals surface area contributed by atoms with Crippen LogP contribution in [0.25, 0.3) is 0 Å². The molecule has 0 radical (unpaired) electrons. The fourth-order valence-electron chi connectivity index (χ4n) is 4.28. The molecule has 0 aromatic heterocycles. The molecule has 1 aliphatic carbocycles. The van der Waals surface area contributed by atoms with Crippen LogP contribution >= 0.6 is 0 Å². The molecule has 3 amide bonds. The number of nitrogens with zero attached hydrogens (tertiary/aromatic N) is 1. The normalized spacial score (nSPS) is 22.2. The number of benzene rings is 2. The summed E-state index contributed by atoms with van der Waals surface area (Å²) in [5.41, 5.74) is 0.675. The van der Waals surface area contributed by atoms with Crippen LogP contribution in [0.2, 0.25) is 0 Å². The summed E-state index contributed by atoms with van der Waals surface area (Å²) >= 11 is 0. The Labute approximate surface area is 173 Å². The maximum Gasteiger partial charge on any atom is 0.261 e. The quantitative estimate of drug-likeness (QED) is 0.709. The summed E-state index contributed by atoms with van der Waals surface area (Å²) in [6, 6.07) is 10.2. The molecule has 1 saturated carbocycles. The first-order valence-corrected chi connectivity index (χ1v) is 10.0. The monoisotopic (exact) mass is 412 g/mol. The molecule has 2 aromatic carbocycles. The van der Waals surface area contributed by atoms with Crippen molar-refractivity contribution in [3.63, 3.8) is 0 Å². The van der Waals surface area contributed by atoms with Crippen LogP contribution in [0.15, 0.2) is 42.5 Å². The Balaban J connectivity index is 1.30. The molecule has 0 spiro atoms. The third-order valence-corrected chi connectivity index (χ3v) is 6.19. The molecule has 7 heteroatoms. The minimum atomic E-state index is -0.628. The van der Waals surface area contributed by atoms with E-state index in [1.807, 2.05) is 6.92 Å². The molecular weight excluding hydrogens is 390 g/mol. The Bertz CT molecular complexity index is 1000. The second-order valence-electron chi connectivity index (χ2n) is 8.07. The summed E-state index contributed by atoms with van der Waals surface area (Å²) in [4.78, 5) is 38.1. The van der Waals surface area contributed by atoms with Crippen LogP contribution in [0.1, 0.15) is 52.5 Å². The van der Waals surface area contributed by atoms with E-state index in [0.717, 1.165) is 11.0 Å². The Hall–Kier alpha value is -3.09. The first-order valence-electron chi connectivity index (χ1n) is 10.0. The molecule has 156 valence electrons. The van der Waals surface area contributed by atoms with Crippen molar-refractivity contribution in [1.29, 1.82) is 0 Å². The highest BCUT2D eigenvalue weighted by molar-refractivity contribution is 6.21. The zero-order chi connectivity index (χ0) is 21.5. The van der Waals surface area contributed by atoms with E-state index in [2.05, 4.69) is 5.32 Å². The topological polar surface area (TPSA) is 66.5 Å². The summed E-state index contributed by atoms with van der Waals surface area (Å²) in [5, 5.41) is 2.83. The van der Waals surface area contributed by atoms with Gasteiger partial charge in [-0.2, -0.15) is 0 Å². The van der Waals surface area contributed by atoms with Crippen molar-refractivity contribution >= 4 is 17.7 Å². The van der Waals surface area contributed by atoms with E-state index >= 15 is 0 Å². The van der Waals surface area contributed by atoms with E-state index in [9.17, 15) is 23.2 Å². The van der Waals surface area contributed by atoms with Gasteiger partial charge in [-0.3, -0.25) is 19.3 Å². The van der Waals surface area contributed by atoms with Crippen molar-refractivity contribution in [2.75, 3.05) is 13.1 Å². The molecule has 2 aliphatic rings. The fourth-order valence-corrected chi connectivity index (χ4v) is 4.28. The molecule has 30 heavy (non-hydrogen) atoms.